The largest absolute Gasteiger partial charge is 0.396 e. The molecular weight excluding hydrogens is 278 g/mol. The van der Waals surface area contributed by atoms with Crippen molar-refractivity contribution in [1.29, 1.82) is 0 Å². The SMILES string of the molecule is NC(=O)NCC(=O)CCCCN1C[C@@H](CO)[C@H](O)[C@@H](O)C1. The van der Waals surface area contributed by atoms with E-state index >= 15 is 0 Å². The number of β-amino-alcohol motifs (C(OH)–C–C–N with tert-alkyl or cyclic N) is 1. The van der Waals surface area contributed by atoms with Gasteiger partial charge in [0, 0.05) is 32.0 Å². The predicted molar refractivity (Wildman–Crippen MR) is 75.5 cm³/mol. The lowest BCUT2D eigenvalue weighted by atomic mass is 9.93. The maximum absolute atomic E-state index is 11.4. The Labute approximate surface area is 123 Å². The van der Waals surface area contributed by atoms with Gasteiger partial charge < -0.3 is 31.3 Å². The highest BCUT2D eigenvalue weighted by atomic mass is 16.3. The molecule has 0 saturated carbocycles. The molecule has 0 radical (unpaired) electrons. The number of nitrogens with one attached hydrogen (secondary N) is 1. The molecule has 3 atom stereocenters. The minimum atomic E-state index is -0.882. The van der Waals surface area contributed by atoms with Gasteiger partial charge in [-0.15, -0.1) is 0 Å². The third-order valence-electron chi connectivity index (χ3n) is 3.69. The summed E-state index contributed by atoms with van der Waals surface area (Å²) in [5.41, 5.74) is 4.87. The number of urea groups is 1. The van der Waals surface area contributed by atoms with Crippen LogP contribution in [0.5, 0.6) is 0 Å². The summed E-state index contributed by atoms with van der Waals surface area (Å²) in [7, 11) is 0. The summed E-state index contributed by atoms with van der Waals surface area (Å²) in [5.74, 6) is -0.411. The number of amides is 2. The van der Waals surface area contributed by atoms with Gasteiger partial charge in [0.2, 0.25) is 0 Å². The maximum Gasteiger partial charge on any atom is 0.312 e. The Kier molecular flexibility index (Phi) is 7.58. The molecule has 1 aliphatic rings. The summed E-state index contributed by atoms with van der Waals surface area (Å²) in [4.78, 5) is 23.8. The van der Waals surface area contributed by atoms with Gasteiger partial charge in [0.05, 0.1) is 18.8 Å². The molecule has 0 bridgehead atoms. The summed E-state index contributed by atoms with van der Waals surface area (Å²) >= 11 is 0. The van der Waals surface area contributed by atoms with Crippen molar-refractivity contribution in [2.24, 2.45) is 11.7 Å². The summed E-state index contributed by atoms with van der Waals surface area (Å²) in [6.45, 7) is 1.39. The van der Waals surface area contributed by atoms with E-state index in [-0.39, 0.29) is 24.9 Å². The first-order chi connectivity index (χ1) is 9.93. The number of rotatable bonds is 8. The summed E-state index contributed by atoms with van der Waals surface area (Å²) in [6.07, 6.45) is 0.0783. The lowest BCUT2D eigenvalue weighted by molar-refractivity contribution is -0.118. The van der Waals surface area contributed by atoms with E-state index in [2.05, 4.69) is 5.32 Å². The lowest BCUT2D eigenvalue weighted by Crippen LogP contribution is -2.53. The van der Waals surface area contributed by atoms with Crippen molar-refractivity contribution in [3.8, 4) is 0 Å². The number of Topliss-reactive ketones (excluding diaryl/α,β-unsaturated/α-hetero) is 1. The molecule has 0 aromatic rings. The van der Waals surface area contributed by atoms with Crippen molar-refractivity contribution in [1.82, 2.24) is 10.2 Å². The van der Waals surface area contributed by atoms with Crippen LogP contribution < -0.4 is 11.1 Å². The zero-order valence-corrected chi connectivity index (χ0v) is 12.1. The van der Waals surface area contributed by atoms with Gasteiger partial charge in [0.15, 0.2) is 5.78 Å². The molecule has 0 unspecified atom stereocenters. The summed E-state index contributed by atoms with van der Waals surface area (Å²) in [6, 6.07) is -0.709. The van der Waals surface area contributed by atoms with Crippen LogP contribution in [0.4, 0.5) is 4.79 Å². The number of nitrogens with two attached hydrogens (primary N) is 1. The van der Waals surface area contributed by atoms with E-state index in [1.165, 1.54) is 0 Å². The molecule has 21 heavy (non-hydrogen) atoms. The number of hydrogen-bond acceptors (Lipinski definition) is 6. The fourth-order valence-corrected chi connectivity index (χ4v) is 2.48. The van der Waals surface area contributed by atoms with E-state index in [1.54, 1.807) is 0 Å². The third-order valence-corrected chi connectivity index (χ3v) is 3.69. The fraction of sp³-hybridized carbons (Fsp3) is 0.846. The second kappa shape index (κ2) is 8.93. The number of unbranched alkanes of at least 4 members (excludes halogenated alkanes) is 1. The Bertz CT molecular complexity index is 353. The van der Waals surface area contributed by atoms with Crippen LogP contribution >= 0.6 is 0 Å². The molecule has 1 fully saturated rings. The van der Waals surface area contributed by atoms with E-state index in [4.69, 9.17) is 10.8 Å². The molecular formula is C13H25N3O5. The maximum atomic E-state index is 11.4. The first kappa shape index (κ1) is 17.8. The number of nitrogens with zero attached hydrogens (tertiary/aromatic N) is 1. The third kappa shape index (κ3) is 6.38. The van der Waals surface area contributed by atoms with Crippen LogP contribution in [-0.4, -0.2) is 77.0 Å². The van der Waals surface area contributed by atoms with Crippen LogP contribution in [0, 0.1) is 5.92 Å². The van der Waals surface area contributed by atoms with Crippen LogP contribution in [0.2, 0.25) is 0 Å². The van der Waals surface area contributed by atoms with Crippen molar-refractivity contribution in [2.75, 3.05) is 32.8 Å². The minimum absolute atomic E-state index is 0.0451. The number of hydrogen-bond donors (Lipinski definition) is 5. The molecule has 122 valence electrons. The van der Waals surface area contributed by atoms with Crippen LogP contribution in [0.3, 0.4) is 0 Å². The van der Waals surface area contributed by atoms with E-state index in [0.29, 0.717) is 32.5 Å². The number of aliphatic hydroxyl groups is 3. The molecule has 8 heteroatoms. The average molecular weight is 303 g/mol. The van der Waals surface area contributed by atoms with Gasteiger partial charge in [0.1, 0.15) is 0 Å². The van der Waals surface area contributed by atoms with Gasteiger partial charge in [-0.3, -0.25) is 4.79 Å². The van der Waals surface area contributed by atoms with Crippen molar-refractivity contribution in [2.45, 2.75) is 31.5 Å². The molecule has 0 spiro atoms. The highest BCUT2D eigenvalue weighted by Gasteiger charge is 2.33. The monoisotopic (exact) mass is 303 g/mol. The predicted octanol–water partition coefficient (Wildman–Crippen LogP) is -1.96. The van der Waals surface area contributed by atoms with Crippen LogP contribution in [0.15, 0.2) is 0 Å². The number of aliphatic hydroxyl groups excluding tert-OH is 3. The molecule has 6 N–H and O–H groups in total. The molecule has 1 heterocycles. The standard InChI is InChI=1S/C13H25N3O5/c14-13(21)15-5-10(18)3-1-2-4-16-6-9(8-17)12(20)11(19)7-16/h9,11-12,17,19-20H,1-8H2,(H3,14,15,21)/t9-,11-,12-/m0/s1. The van der Waals surface area contributed by atoms with E-state index in [0.717, 1.165) is 6.42 Å². The zero-order valence-electron chi connectivity index (χ0n) is 12.1. The Morgan fingerprint density at radius 2 is 1.95 bits per heavy atom. The number of likely N-dealkylation sites (tertiary alicyclic amines) is 1. The fourth-order valence-electron chi connectivity index (χ4n) is 2.48. The second-order valence-electron chi connectivity index (χ2n) is 5.47. The van der Waals surface area contributed by atoms with Crippen LogP contribution in [0.25, 0.3) is 0 Å². The Morgan fingerprint density at radius 3 is 2.57 bits per heavy atom. The first-order valence-electron chi connectivity index (χ1n) is 7.18. The Hall–Kier alpha value is -1.22. The molecule has 8 nitrogen and oxygen atoms in total. The molecule has 1 rings (SSSR count). The first-order valence-corrected chi connectivity index (χ1v) is 7.18. The van der Waals surface area contributed by atoms with Crippen molar-refractivity contribution < 1.29 is 24.9 Å². The number of piperidine rings is 1. The van der Waals surface area contributed by atoms with Crippen LogP contribution in [-0.2, 0) is 4.79 Å². The zero-order chi connectivity index (χ0) is 15.8. The highest BCUT2D eigenvalue weighted by Crippen LogP contribution is 2.18. The van der Waals surface area contributed by atoms with Gasteiger partial charge in [-0.05, 0) is 19.4 Å². The average Bonchev–Trinajstić information content (AvgIpc) is 2.44. The quantitative estimate of drug-likeness (QED) is 0.330. The Balaban J connectivity index is 2.18. The summed E-state index contributed by atoms with van der Waals surface area (Å²) in [5, 5.41) is 30.8. The van der Waals surface area contributed by atoms with Crippen LogP contribution in [0.1, 0.15) is 19.3 Å². The summed E-state index contributed by atoms with van der Waals surface area (Å²) < 4.78 is 0. The number of carbonyl (C=O) groups is 2. The number of primary amides is 1. The molecule has 0 aromatic carbocycles. The van der Waals surface area contributed by atoms with Gasteiger partial charge >= 0.3 is 6.03 Å². The molecule has 0 aromatic heterocycles. The molecule has 1 aliphatic heterocycles. The van der Waals surface area contributed by atoms with E-state index < -0.39 is 18.2 Å². The van der Waals surface area contributed by atoms with E-state index in [1.807, 2.05) is 4.90 Å². The van der Waals surface area contributed by atoms with Crippen molar-refractivity contribution >= 4 is 11.8 Å². The second-order valence-corrected chi connectivity index (χ2v) is 5.47. The van der Waals surface area contributed by atoms with Gasteiger partial charge in [0.25, 0.3) is 0 Å². The Morgan fingerprint density at radius 1 is 1.24 bits per heavy atom. The lowest BCUT2D eigenvalue weighted by Gasteiger charge is -2.38. The normalized spacial score (nSPS) is 26.5. The highest BCUT2D eigenvalue weighted by molar-refractivity contribution is 5.84. The minimum Gasteiger partial charge on any atom is -0.396 e. The van der Waals surface area contributed by atoms with Gasteiger partial charge in [-0.1, -0.05) is 0 Å². The molecule has 2 amide bonds. The van der Waals surface area contributed by atoms with Gasteiger partial charge in [-0.25, -0.2) is 4.79 Å². The number of carbonyl (C=O) groups excluding carboxylic acids is 2. The van der Waals surface area contributed by atoms with Crippen molar-refractivity contribution in [3.05, 3.63) is 0 Å². The van der Waals surface area contributed by atoms with E-state index in [9.17, 15) is 19.8 Å². The number of ketones is 1. The van der Waals surface area contributed by atoms with Crippen molar-refractivity contribution in [3.63, 3.8) is 0 Å². The smallest absolute Gasteiger partial charge is 0.312 e. The van der Waals surface area contributed by atoms with Gasteiger partial charge in [-0.2, -0.15) is 0 Å². The molecule has 1 saturated heterocycles. The topological polar surface area (TPSA) is 136 Å². The molecule has 0 aliphatic carbocycles.